The summed E-state index contributed by atoms with van der Waals surface area (Å²) in [5, 5.41) is 7.97. The summed E-state index contributed by atoms with van der Waals surface area (Å²) in [6.07, 6.45) is -1.41. The van der Waals surface area contributed by atoms with E-state index in [4.69, 9.17) is 4.52 Å². The van der Waals surface area contributed by atoms with Gasteiger partial charge in [0.1, 0.15) is 0 Å². The summed E-state index contributed by atoms with van der Waals surface area (Å²) in [5.41, 5.74) is 0.853. The summed E-state index contributed by atoms with van der Waals surface area (Å²) in [5.74, 6) is -0.545. The number of alkyl halides is 3. The standard InChI is InChI=1S/C20H22F3N5O2/c1-4-13-8-15(20(21,22)23)16-17(26-30-18(16)25-13)12-6-5-7-28(10-12)19(29)14-9-24-27(3)11(14)2/h8-9,12H,4-7,10H2,1-3H3/t12-/m1/s1. The Morgan fingerprint density at radius 1 is 1.37 bits per heavy atom. The predicted molar refractivity (Wildman–Crippen MR) is 102 cm³/mol. The highest BCUT2D eigenvalue weighted by Gasteiger charge is 2.38. The van der Waals surface area contributed by atoms with E-state index >= 15 is 0 Å². The Labute approximate surface area is 170 Å². The minimum Gasteiger partial charge on any atom is -0.338 e. The number of aromatic nitrogens is 4. The second kappa shape index (κ2) is 7.41. The van der Waals surface area contributed by atoms with Crippen LogP contribution in [0.4, 0.5) is 13.2 Å². The number of rotatable bonds is 3. The van der Waals surface area contributed by atoms with E-state index in [9.17, 15) is 18.0 Å². The van der Waals surface area contributed by atoms with Crippen molar-refractivity contribution in [3.8, 4) is 0 Å². The average Bonchev–Trinajstić information content (AvgIpc) is 3.29. The maximum Gasteiger partial charge on any atom is 0.417 e. The van der Waals surface area contributed by atoms with Gasteiger partial charge in [-0.3, -0.25) is 9.48 Å². The minimum atomic E-state index is -4.55. The highest BCUT2D eigenvalue weighted by molar-refractivity contribution is 5.95. The first kappa shape index (κ1) is 20.4. The number of pyridine rings is 1. The van der Waals surface area contributed by atoms with Gasteiger partial charge in [-0.2, -0.15) is 18.3 Å². The normalized spacial score (nSPS) is 17.7. The van der Waals surface area contributed by atoms with Crippen LogP contribution in [0.15, 0.2) is 16.8 Å². The number of halogens is 3. The third-order valence-electron chi connectivity index (χ3n) is 5.75. The Bertz CT molecular complexity index is 1100. The first-order chi connectivity index (χ1) is 14.2. The zero-order valence-electron chi connectivity index (χ0n) is 17.0. The van der Waals surface area contributed by atoms with Crippen LogP contribution < -0.4 is 0 Å². The number of nitrogens with zero attached hydrogens (tertiary/aromatic N) is 5. The van der Waals surface area contributed by atoms with Crippen LogP contribution >= 0.6 is 0 Å². The van der Waals surface area contributed by atoms with Crippen LogP contribution in [0.2, 0.25) is 0 Å². The Hall–Kier alpha value is -2.91. The van der Waals surface area contributed by atoms with Gasteiger partial charge in [0.2, 0.25) is 0 Å². The molecule has 0 bridgehead atoms. The van der Waals surface area contributed by atoms with E-state index in [1.165, 1.54) is 6.20 Å². The molecule has 4 heterocycles. The molecular weight excluding hydrogens is 399 g/mol. The predicted octanol–water partition coefficient (Wildman–Crippen LogP) is 3.87. The first-order valence-electron chi connectivity index (χ1n) is 9.85. The molecule has 0 radical (unpaired) electrons. The molecule has 7 nitrogen and oxygen atoms in total. The average molecular weight is 421 g/mol. The quantitative estimate of drug-likeness (QED) is 0.642. The van der Waals surface area contributed by atoms with Gasteiger partial charge >= 0.3 is 6.18 Å². The first-order valence-corrected chi connectivity index (χ1v) is 9.85. The fraction of sp³-hybridized carbons (Fsp3) is 0.500. The smallest absolute Gasteiger partial charge is 0.338 e. The molecule has 0 aromatic carbocycles. The van der Waals surface area contributed by atoms with Gasteiger partial charge in [-0.1, -0.05) is 12.1 Å². The van der Waals surface area contributed by atoms with Gasteiger partial charge in [0.25, 0.3) is 11.6 Å². The van der Waals surface area contributed by atoms with Crippen molar-refractivity contribution in [1.82, 2.24) is 24.8 Å². The largest absolute Gasteiger partial charge is 0.417 e. The van der Waals surface area contributed by atoms with Gasteiger partial charge in [0.15, 0.2) is 0 Å². The zero-order chi connectivity index (χ0) is 21.6. The molecule has 30 heavy (non-hydrogen) atoms. The molecule has 0 unspecified atom stereocenters. The van der Waals surface area contributed by atoms with E-state index < -0.39 is 11.7 Å². The van der Waals surface area contributed by atoms with Crippen LogP contribution in [0.3, 0.4) is 0 Å². The molecular formula is C20H22F3N5O2. The summed E-state index contributed by atoms with van der Waals surface area (Å²) >= 11 is 0. The molecule has 1 aliphatic heterocycles. The minimum absolute atomic E-state index is 0.100. The number of fused-ring (bicyclic) bond motifs is 1. The SMILES string of the molecule is CCc1cc(C(F)(F)F)c2c([C@@H]3CCCN(C(=O)c4cnn(C)c4C)C3)noc2n1. The third kappa shape index (κ3) is 3.44. The van der Waals surface area contributed by atoms with E-state index in [0.717, 1.165) is 11.8 Å². The van der Waals surface area contributed by atoms with Gasteiger partial charge in [-0.25, -0.2) is 4.98 Å². The highest BCUT2D eigenvalue weighted by atomic mass is 19.4. The fourth-order valence-corrected chi connectivity index (χ4v) is 3.97. The fourth-order valence-electron chi connectivity index (χ4n) is 3.97. The molecule has 4 rings (SSSR count). The van der Waals surface area contributed by atoms with Gasteiger partial charge < -0.3 is 9.42 Å². The van der Waals surface area contributed by atoms with Gasteiger partial charge in [-0.15, -0.1) is 0 Å². The molecule has 1 aliphatic rings. The van der Waals surface area contributed by atoms with E-state index in [1.54, 1.807) is 30.5 Å². The second-order valence-electron chi connectivity index (χ2n) is 7.62. The lowest BCUT2D eigenvalue weighted by molar-refractivity contribution is -0.136. The lowest BCUT2D eigenvalue weighted by Crippen LogP contribution is -2.39. The number of hydrogen-bond donors (Lipinski definition) is 0. The molecule has 1 saturated heterocycles. The lowest BCUT2D eigenvalue weighted by atomic mass is 9.91. The number of amides is 1. The van der Waals surface area contributed by atoms with E-state index in [1.807, 2.05) is 0 Å². The van der Waals surface area contributed by atoms with E-state index in [2.05, 4.69) is 15.2 Å². The third-order valence-corrected chi connectivity index (χ3v) is 5.75. The van der Waals surface area contributed by atoms with Crippen molar-refractivity contribution in [3.05, 3.63) is 40.5 Å². The molecule has 3 aromatic heterocycles. The maximum absolute atomic E-state index is 13.8. The summed E-state index contributed by atoms with van der Waals surface area (Å²) in [4.78, 5) is 18.8. The summed E-state index contributed by atoms with van der Waals surface area (Å²) < 4.78 is 48.1. The Kier molecular flexibility index (Phi) is 5.03. The summed E-state index contributed by atoms with van der Waals surface area (Å²) in [7, 11) is 1.75. The van der Waals surface area contributed by atoms with Crippen molar-refractivity contribution in [2.75, 3.05) is 13.1 Å². The number of carbonyl (C=O) groups excluding carboxylic acids is 1. The Balaban J connectivity index is 1.70. The molecule has 160 valence electrons. The van der Waals surface area contributed by atoms with Crippen molar-refractivity contribution in [1.29, 1.82) is 0 Å². The van der Waals surface area contributed by atoms with Gasteiger partial charge in [0, 0.05) is 37.4 Å². The van der Waals surface area contributed by atoms with Crippen molar-refractivity contribution in [2.45, 2.75) is 45.2 Å². The highest BCUT2D eigenvalue weighted by Crippen LogP contribution is 2.40. The van der Waals surface area contributed by atoms with Crippen molar-refractivity contribution in [2.24, 2.45) is 7.05 Å². The molecule has 1 atom stereocenters. The summed E-state index contributed by atoms with van der Waals surface area (Å²) in [6.45, 7) is 4.33. The van der Waals surface area contributed by atoms with Crippen molar-refractivity contribution < 1.29 is 22.5 Å². The molecule has 10 heteroatoms. The number of carbonyl (C=O) groups is 1. The Morgan fingerprint density at radius 2 is 2.13 bits per heavy atom. The molecule has 0 aliphatic carbocycles. The van der Waals surface area contributed by atoms with Crippen molar-refractivity contribution >= 4 is 17.0 Å². The van der Waals surface area contributed by atoms with E-state index in [0.29, 0.717) is 37.1 Å². The van der Waals surface area contributed by atoms with Crippen LogP contribution in [0.25, 0.3) is 11.1 Å². The van der Waals surface area contributed by atoms with Crippen molar-refractivity contribution in [3.63, 3.8) is 0 Å². The van der Waals surface area contributed by atoms with Gasteiger partial charge in [-0.05, 0) is 32.3 Å². The van der Waals surface area contributed by atoms with Gasteiger partial charge in [0.05, 0.1) is 28.4 Å². The van der Waals surface area contributed by atoms with E-state index in [-0.39, 0.29) is 35.2 Å². The van der Waals surface area contributed by atoms with Crippen LogP contribution in [0.5, 0.6) is 0 Å². The molecule has 0 N–H and O–H groups in total. The zero-order valence-corrected chi connectivity index (χ0v) is 17.0. The monoisotopic (exact) mass is 421 g/mol. The van der Waals surface area contributed by atoms with Crippen LogP contribution in [-0.4, -0.2) is 43.8 Å². The number of aryl methyl sites for hydroxylation is 2. The Morgan fingerprint density at radius 3 is 2.77 bits per heavy atom. The molecule has 0 saturated carbocycles. The molecule has 3 aromatic rings. The second-order valence-corrected chi connectivity index (χ2v) is 7.62. The number of likely N-dealkylation sites (tertiary alicyclic amines) is 1. The maximum atomic E-state index is 13.8. The number of piperidine rings is 1. The molecule has 1 fully saturated rings. The van der Waals surface area contributed by atoms with Crippen LogP contribution in [-0.2, 0) is 19.6 Å². The number of hydrogen-bond acceptors (Lipinski definition) is 5. The van der Waals surface area contributed by atoms with Crippen LogP contribution in [0, 0.1) is 6.92 Å². The lowest BCUT2D eigenvalue weighted by Gasteiger charge is -2.32. The molecule has 0 spiro atoms. The summed E-state index contributed by atoms with van der Waals surface area (Å²) in [6, 6.07) is 1.06. The van der Waals surface area contributed by atoms with Crippen LogP contribution in [0.1, 0.15) is 58.7 Å². The molecule has 1 amide bonds. The topological polar surface area (TPSA) is 77.0 Å².